The Bertz CT molecular complexity index is 820. The molecule has 0 atom stereocenters. The zero-order valence-electron chi connectivity index (χ0n) is 11.8. The summed E-state index contributed by atoms with van der Waals surface area (Å²) in [6, 6.07) is 13.9. The zero-order valence-corrected chi connectivity index (χ0v) is 14.2. The molecule has 0 bridgehead atoms. The first kappa shape index (κ1) is 16.3. The number of hydrogen-bond donors (Lipinski definition) is 0. The van der Waals surface area contributed by atoms with Gasteiger partial charge in [-0.15, -0.1) is 0 Å². The first-order valence-electron chi connectivity index (χ1n) is 6.77. The summed E-state index contributed by atoms with van der Waals surface area (Å²) in [5.74, 6) is 0.261. The number of carbonyl (C=O) groups is 1. The second-order valence-corrected chi connectivity index (χ2v) is 7.29. The molecule has 2 aromatic carbocycles. The third-order valence-corrected chi connectivity index (χ3v) is 5.53. The number of thioether (sulfide) groups is 2. The lowest BCUT2D eigenvalue weighted by atomic mass is 10.2. The van der Waals surface area contributed by atoms with E-state index in [1.807, 2.05) is 24.3 Å². The molecule has 3 rings (SSSR count). The summed E-state index contributed by atoms with van der Waals surface area (Å²) in [6.45, 7) is 0. The zero-order chi connectivity index (χ0) is 16.2. The molecule has 0 aromatic heterocycles. The van der Waals surface area contributed by atoms with Crippen molar-refractivity contribution in [2.24, 2.45) is 4.99 Å². The predicted octanol–water partition coefficient (Wildman–Crippen LogP) is 5.38. The molecule has 2 aromatic rings. The Balaban J connectivity index is 1.74. The topological polar surface area (TPSA) is 29.4 Å². The lowest BCUT2D eigenvalue weighted by Gasteiger charge is -2.02. The smallest absolute Gasteiger partial charge is 0.244 e. The Morgan fingerprint density at radius 2 is 1.91 bits per heavy atom. The van der Waals surface area contributed by atoms with Gasteiger partial charge in [-0.1, -0.05) is 59.8 Å². The fraction of sp³-hybridized carbons (Fsp3) is 0.0588. The Hall–Kier alpha value is -1.56. The second-order valence-electron chi connectivity index (χ2n) is 4.70. The lowest BCUT2D eigenvalue weighted by Crippen LogP contribution is -1.89. The van der Waals surface area contributed by atoms with Crippen LogP contribution in [0.15, 0.2) is 59.2 Å². The van der Waals surface area contributed by atoms with Crippen LogP contribution < -0.4 is 0 Å². The molecule has 1 heterocycles. The lowest BCUT2D eigenvalue weighted by molar-refractivity contribution is -0.107. The number of aliphatic imine (C=N–C) groups is 1. The van der Waals surface area contributed by atoms with Gasteiger partial charge in [0.05, 0.1) is 0 Å². The molecule has 0 spiro atoms. The van der Waals surface area contributed by atoms with E-state index in [1.54, 1.807) is 18.2 Å². The third kappa shape index (κ3) is 4.05. The van der Waals surface area contributed by atoms with Gasteiger partial charge >= 0.3 is 0 Å². The fourth-order valence-electron chi connectivity index (χ4n) is 1.95. The van der Waals surface area contributed by atoms with Crippen molar-refractivity contribution in [3.05, 3.63) is 76.2 Å². The number of hydrogen-bond acceptors (Lipinski definition) is 4. The highest BCUT2D eigenvalue weighted by atomic mass is 35.5. The maximum Gasteiger partial charge on any atom is 0.244 e. The van der Waals surface area contributed by atoms with Crippen LogP contribution in [-0.4, -0.2) is 9.49 Å². The first-order valence-corrected chi connectivity index (χ1v) is 8.95. The Kier molecular flexibility index (Phi) is 5.20. The van der Waals surface area contributed by atoms with E-state index in [0.717, 1.165) is 17.3 Å². The highest BCUT2D eigenvalue weighted by Gasteiger charge is 2.23. The molecule has 0 saturated carbocycles. The molecular formula is C17H11ClFNOS2. The molecule has 116 valence electrons. The molecule has 0 saturated heterocycles. The van der Waals surface area contributed by atoms with Gasteiger partial charge in [0.15, 0.2) is 0 Å². The molecule has 0 N–H and O–H groups in total. The second kappa shape index (κ2) is 7.34. The van der Waals surface area contributed by atoms with Crippen molar-refractivity contribution in [3.8, 4) is 0 Å². The van der Waals surface area contributed by atoms with Crippen molar-refractivity contribution in [1.82, 2.24) is 0 Å². The van der Waals surface area contributed by atoms with E-state index in [-0.39, 0.29) is 16.6 Å². The van der Waals surface area contributed by atoms with E-state index >= 15 is 0 Å². The number of rotatable bonds is 3. The van der Waals surface area contributed by atoms with Crippen LogP contribution in [-0.2, 0) is 10.5 Å². The standard InChI is InChI=1S/C17H11ClFNOS2/c18-13-7-3-1-6-12(13)10-22-17-20-15(16(21)23-17)9-11-5-2-4-8-14(11)19/h1-9H,10H2. The maximum atomic E-state index is 13.7. The van der Waals surface area contributed by atoms with E-state index in [4.69, 9.17) is 11.6 Å². The van der Waals surface area contributed by atoms with Gasteiger partial charge in [0.25, 0.3) is 0 Å². The summed E-state index contributed by atoms with van der Waals surface area (Å²) in [5.41, 5.74) is 1.61. The molecule has 2 nitrogen and oxygen atoms in total. The minimum absolute atomic E-state index is 0.171. The van der Waals surface area contributed by atoms with Crippen LogP contribution in [0.2, 0.25) is 5.02 Å². The summed E-state index contributed by atoms with van der Waals surface area (Å²) in [6.07, 6.45) is 1.48. The van der Waals surface area contributed by atoms with Crippen molar-refractivity contribution >= 4 is 50.7 Å². The van der Waals surface area contributed by atoms with Crippen molar-refractivity contribution < 1.29 is 9.18 Å². The summed E-state index contributed by atoms with van der Waals surface area (Å²) >= 11 is 8.62. The average Bonchev–Trinajstić information content (AvgIpc) is 2.89. The Labute approximate surface area is 146 Å². The molecule has 0 aliphatic carbocycles. The summed E-state index contributed by atoms with van der Waals surface area (Å²) < 4.78 is 14.3. The van der Waals surface area contributed by atoms with Gasteiger partial charge < -0.3 is 0 Å². The van der Waals surface area contributed by atoms with E-state index in [0.29, 0.717) is 20.7 Å². The Morgan fingerprint density at radius 3 is 2.70 bits per heavy atom. The van der Waals surface area contributed by atoms with E-state index < -0.39 is 0 Å². The van der Waals surface area contributed by atoms with Gasteiger partial charge in [-0.25, -0.2) is 9.38 Å². The number of carbonyl (C=O) groups excluding carboxylic acids is 1. The van der Waals surface area contributed by atoms with Crippen LogP contribution in [0.25, 0.3) is 6.08 Å². The van der Waals surface area contributed by atoms with Gasteiger partial charge in [0.2, 0.25) is 5.12 Å². The van der Waals surface area contributed by atoms with Crippen LogP contribution in [0.1, 0.15) is 11.1 Å². The maximum absolute atomic E-state index is 13.7. The van der Waals surface area contributed by atoms with Gasteiger partial charge in [0.1, 0.15) is 15.9 Å². The van der Waals surface area contributed by atoms with Gasteiger partial charge in [-0.3, -0.25) is 4.79 Å². The summed E-state index contributed by atoms with van der Waals surface area (Å²) in [4.78, 5) is 16.3. The number of nitrogens with zero attached hydrogens (tertiary/aromatic N) is 1. The first-order chi connectivity index (χ1) is 11.1. The van der Waals surface area contributed by atoms with E-state index in [1.165, 1.54) is 23.9 Å². The fourth-order valence-corrected chi connectivity index (χ4v) is 4.07. The highest BCUT2D eigenvalue weighted by molar-refractivity contribution is 8.45. The third-order valence-electron chi connectivity index (χ3n) is 3.11. The molecule has 1 aliphatic heterocycles. The normalized spacial score (nSPS) is 16.0. The average molecular weight is 364 g/mol. The molecular weight excluding hydrogens is 353 g/mol. The summed E-state index contributed by atoms with van der Waals surface area (Å²) in [5, 5.41) is 0.520. The quantitative estimate of drug-likeness (QED) is 0.685. The summed E-state index contributed by atoms with van der Waals surface area (Å²) in [7, 11) is 0. The van der Waals surface area contributed by atoms with Crippen molar-refractivity contribution in [1.29, 1.82) is 0 Å². The van der Waals surface area contributed by atoms with Gasteiger partial charge in [-0.2, -0.15) is 0 Å². The SMILES string of the molecule is O=C1SC(SCc2ccccc2Cl)=NC1=Cc1ccccc1F. The van der Waals surface area contributed by atoms with Crippen LogP contribution in [0.5, 0.6) is 0 Å². The molecule has 1 aliphatic rings. The molecule has 0 radical (unpaired) electrons. The van der Waals surface area contributed by atoms with Crippen molar-refractivity contribution in [2.45, 2.75) is 5.75 Å². The minimum Gasteiger partial charge on any atom is -0.279 e. The van der Waals surface area contributed by atoms with Crippen LogP contribution in [0, 0.1) is 5.82 Å². The molecule has 6 heteroatoms. The van der Waals surface area contributed by atoms with Crippen LogP contribution in [0.3, 0.4) is 0 Å². The monoisotopic (exact) mass is 363 g/mol. The largest absolute Gasteiger partial charge is 0.279 e. The number of halogens is 2. The minimum atomic E-state index is -0.370. The van der Waals surface area contributed by atoms with Gasteiger partial charge in [-0.05, 0) is 35.5 Å². The Morgan fingerprint density at radius 1 is 1.17 bits per heavy atom. The van der Waals surface area contributed by atoms with Crippen molar-refractivity contribution in [2.75, 3.05) is 0 Å². The molecule has 23 heavy (non-hydrogen) atoms. The van der Waals surface area contributed by atoms with Crippen LogP contribution >= 0.6 is 35.1 Å². The van der Waals surface area contributed by atoms with Crippen molar-refractivity contribution in [3.63, 3.8) is 0 Å². The number of benzene rings is 2. The molecule has 0 unspecified atom stereocenters. The van der Waals surface area contributed by atoms with Gasteiger partial charge in [0, 0.05) is 16.3 Å². The predicted molar refractivity (Wildman–Crippen MR) is 97.2 cm³/mol. The molecule has 0 fully saturated rings. The molecule has 0 amide bonds. The van der Waals surface area contributed by atoms with E-state index in [9.17, 15) is 9.18 Å². The van der Waals surface area contributed by atoms with E-state index in [2.05, 4.69) is 4.99 Å². The van der Waals surface area contributed by atoms with Crippen LogP contribution in [0.4, 0.5) is 4.39 Å². The highest BCUT2D eigenvalue weighted by Crippen LogP contribution is 2.33.